The number of methoxy groups -OCH3 is 1. The van der Waals surface area contributed by atoms with Crippen molar-refractivity contribution in [3.05, 3.63) is 76.5 Å². The van der Waals surface area contributed by atoms with Crippen LogP contribution in [-0.4, -0.2) is 53.6 Å². The fourth-order valence-electron chi connectivity index (χ4n) is 4.87. The van der Waals surface area contributed by atoms with Gasteiger partial charge in [0.15, 0.2) is 0 Å². The van der Waals surface area contributed by atoms with Crippen LogP contribution < -0.4 is 15.2 Å². The molecule has 7 heteroatoms. The Kier molecular flexibility index (Phi) is 5.86. The number of nitrogens with zero attached hydrogens (tertiary/aromatic N) is 4. The van der Waals surface area contributed by atoms with Crippen LogP contribution in [0.15, 0.2) is 59.7 Å². The van der Waals surface area contributed by atoms with Gasteiger partial charge in [-0.05, 0) is 49.6 Å². The summed E-state index contributed by atoms with van der Waals surface area (Å²) in [6.45, 7) is 3.46. The predicted molar refractivity (Wildman–Crippen MR) is 128 cm³/mol. The summed E-state index contributed by atoms with van der Waals surface area (Å²) in [5.74, 6) is 0.841. The summed E-state index contributed by atoms with van der Waals surface area (Å²) in [6, 6.07) is 13.4. The SMILES string of the molecule is COc1ccc(N2CCN(C(=O)c3c(-c4cccnc4)cc(=O)n4c3CCCC4)CC2)cc1. The second-order valence-corrected chi connectivity index (χ2v) is 8.55. The first kappa shape index (κ1) is 21.2. The van der Waals surface area contributed by atoms with Crippen molar-refractivity contribution in [1.82, 2.24) is 14.5 Å². The van der Waals surface area contributed by atoms with Crippen LogP contribution in [0.2, 0.25) is 0 Å². The van der Waals surface area contributed by atoms with E-state index >= 15 is 0 Å². The fourth-order valence-corrected chi connectivity index (χ4v) is 4.87. The molecule has 0 atom stereocenters. The summed E-state index contributed by atoms with van der Waals surface area (Å²) in [4.78, 5) is 35.2. The van der Waals surface area contributed by atoms with E-state index < -0.39 is 0 Å². The summed E-state index contributed by atoms with van der Waals surface area (Å²) in [5, 5.41) is 0. The third-order valence-electron chi connectivity index (χ3n) is 6.65. The maximum atomic E-state index is 13.9. The van der Waals surface area contributed by atoms with Crippen LogP contribution in [0.5, 0.6) is 5.75 Å². The third-order valence-corrected chi connectivity index (χ3v) is 6.65. The number of hydrogen-bond donors (Lipinski definition) is 0. The molecular formula is C26H28N4O3. The Bertz CT molecular complexity index is 1200. The van der Waals surface area contributed by atoms with Crippen LogP contribution in [0.3, 0.4) is 0 Å². The van der Waals surface area contributed by atoms with Crippen LogP contribution >= 0.6 is 0 Å². The van der Waals surface area contributed by atoms with Crippen LogP contribution in [0.1, 0.15) is 28.9 Å². The van der Waals surface area contributed by atoms with Crippen molar-refractivity contribution >= 4 is 11.6 Å². The van der Waals surface area contributed by atoms with E-state index in [0.29, 0.717) is 30.8 Å². The molecule has 170 valence electrons. The van der Waals surface area contributed by atoms with Gasteiger partial charge in [0.2, 0.25) is 0 Å². The summed E-state index contributed by atoms with van der Waals surface area (Å²) in [5.41, 5.74) is 4.13. The van der Waals surface area contributed by atoms with Crippen molar-refractivity contribution in [2.75, 3.05) is 38.2 Å². The van der Waals surface area contributed by atoms with Gasteiger partial charge in [-0.3, -0.25) is 14.6 Å². The van der Waals surface area contributed by atoms with E-state index in [2.05, 4.69) is 22.0 Å². The highest BCUT2D eigenvalue weighted by atomic mass is 16.5. The largest absolute Gasteiger partial charge is 0.497 e. The monoisotopic (exact) mass is 444 g/mol. The lowest BCUT2D eigenvalue weighted by atomic mass is 9.94. The Morgan fingerprint density at radius 1 is 1.00 bits per heavy atom. The topological polar surface area (TPSA) is 67.7 Å². The lowest BCUT2D eigenvalue weighted by Gasteiger charge is -2.37. The molecule has 1 amide bonds. The smallest absolute Gasteiger partial charge is 0.256 e. The fraction of sp³-hybridized carbons (Fsp3) is 0.346. The average Bonchev–Trinajstić information content (AvgIpc) is 2.89. The van der Waals surface area contributed by atoms with Crippen LogP contribution in [0, 0.1) is 0 Å². The zero-order chi connectivity index (χ0) is 22.8. The number of hydrogen-bond acceptors (Lipinski definition) is 5. The van der Waals surface area contributed by atoms with Gasteiger partial charge in [0.1, 0.15) is 5.75 Å². The van der Waals surface area contributed by atoms with Crippen molar-refractivity contribution in [3.8, 4) is 16.9 Å². The zero-order valence-electron chi connectivity index (χ0n) is 18.9. The molecule has 0 spiro atoms. The van der Waals surface area contributed by atoms with E-state index in [1.54, 1.807) is 30.1 Å². The second-order valence-electron chi connectivity index (χ2n) is 8.55. The molecule has 0 bridgehead atoms. The molecule has 1 aromatic carbocycles. The Hall–Kier alpha value is -3.61. The Morgan fingerprint density at radius 3 is 2.48 bits per heavy atom. The molecular weight excluding hydrogens is 416 g/mol. The predicted octanol–water partition coefficient (Wildman–Crippen LogP) is 3.22. The Labute approximate surface area is 193 Å². The highest BCUT2D eigenvalue weighted by Crippen LogP contribution is 2.29. The minimum atomic E-state index is -0.0376. The van der Waals surface area contributed by atoms with E-state index in [1.165, 1.54) is 0 Å². The molecule has 7 nitrogen and oxygen atoms in total. The van der Waals surface area contributed by atoms with Gasteiger partial charge in [0, 0.05) is 73.7 Å². The molecule has 0 N–H and O–H groups in total. The number of carbonyl (C=O) groups excluding carboxylic acids is 1. The van der Waals surface area contributed by atoms with Gasteiger partial charge in [-0.2, -0.15) is 0 Å². The van der Waals surface area contributed by atoms with Crippen LogP contribution in [0.4, 0.5) is 5.69 Å². The standard InChI is InChI=1S/C26H28N4O3/c1-33-21-9-7-20(8-10-21)28-13-15-29(16-14-28)26(32)25-22(19-5-4-11-27-18-19)17-24(31)30-12-3-2-6-23(25)30/h4-5,7-11,17-18H,2-3,6,12-16H2,1H3. The van der Waals surface area contributed by atoms with Crippen molar-refractivity contribution in [2.45, 2.75) is 25.8 Å². The highest BCUT2D eigenvalue weighted by Gasteiger charge is 2.29. The first-order chi connectivity index (χ1) is 16.2. The molecule has 2 aliphatic heterocycles. The van der Waals surface area contributed by atoms with Gasteiger partial charge in [-0.25, -0.2) is 0 Å². The maximum absolute atomic E-state index is 13.9. The molecule has 1 fully saturated rings. The zero-order valence-corrected chi connectivity index (χ0v) is 18.9. The minimum Gasteiger partial charge on any atom is -0.497 e. The Balaban J connectivity index is 1.44. The lowest BCUT2D eigenvalue weighted by molar-refractivity contribution is 0.0744. The van der Waals surface area contributed by atoms with Gasteiger partial charge >= 0.3 is 0 Å². The van der Waals surface area contributed by atoms with E-state index in [4.69, 9.17) is 4.74 Å². The van der Waals surface area contributed by atoms with Gasteiger partial charge < -0.3 is 19.1 Å². The molecule has 1 saturated heterocycles. The molecule has 2 aliphatic rings. The third kappa shape index (κ3) is 4.11. The van der Waals surface area contributed by atoms with Gasteiger partial charge in [-0.1, -0.05) is 6.07 Å². The molecule has 2 aromatic heterocycles. The van der Waals surface area contributed by atoms with Gasteiger partial charge in [-0.15, -0.1) is 0 Å². The number of fused-ring (bicyclic) bond motifs is 1. The lowest BCUT2D eigenvalue weighted by Crippen LogP contribution is -2.49. The van der Waals surface area contributed by atoms with Crippen LogP contribution in [-0.2, 0) is 13.0 Å². The van der Waals surface area contributed by atoms with Crippen molar-refractivity contribution in [3.63, 3.8) is 0 Å². The van der Waals surface area contributed by atoms with Crippen molar-refractivity contribution < 1.29 is 9.53 Å². The first-order valence-corrected chi connectivity index (χ1v) is 11.5. The number of benzene rings is 1. The molecule has 0 unspecified atom stereocenters. The normalized spacial score (nSPS) is 15.8. The van der Waals surface area contributed by atoms with E-state index in [1.807, 2.05) is 29.2 Å². The molecule has 33 heavy (non-hydrogen) atoms. The van der Waals surface area contributed by atoms with Crippen LogP contribution in [0.25, 0.3) is 11.1 Å². The molecule has 5 rings (SSSR count). The summed E-state index contributed by atoms with van der Waals surface area (Å²) in [7, 11) is 1.66. The van der Waals surface area contributed by atoms with Gasteiger partial charge in [0.25, 0.3) is 11.5 Å². The number of anilines is 1. The summed E-state index contributed by atoms with van der Waals surface area (Å²) in [6.07, 6.45) is 6.13. The quantitative estimate of drug-likeness (QED) is 0.618. The summed E-state index contributed by atoms with van der Waals surface area (Å²) >= 11 is 0. The minimum absolute atomic E-state index is 0.00823. The molecule has 0 radical (unpaired) electrons. The number of rotatable bonds is 4. The average molecular weight is 445 g/mol. The molecule has 0 aliphatic carbocycles. The molecule has 4 heterocycles. The number of amides is 1. The number of aromatic nitrogens is 2. The van der Waals surface area contributed by atoms with E-state index in [-0.39, 0.29) is 11.5 Å². The Morgan fingerprint density at radius 2 is 1.79 bits per heavy atom. The van der Waals surface area contributed by atoms with E-state index in [0.717, 1.165) is 55.0 Å². The number of pyridine rings is 2. The molecule has 3 aromatic rings. The first-order valence-electron chi connectivity index (χ1n) is 11.5. The van der Waals surface area contributed by atoms with Gasteiger partial charge in [0.05, 0.1) is 12.7 Å². The van der Waals surface area contributed by atoms with Crippen molar-refractivity contribution in [2.24, 2.45) is 0 Å². The number of piperazine rings is 1. The van der Waals surface area contributed by atoms with E-state index in [9.17, 15) is 9.59 Å². The number of ether oxygens (including phenoxy) is 1. The maximum Gasteiger partial charge on any atom is 0.256 e. The summed E-state index contributed by atoms with van der Waals surface area (Å²) < 4.78 is 7.05. The highest BCUT2D eigenvalue weighted by molar-refractivity contribution is 6.02. The number of carbonyl (C=O) groups is 1. The second kappa shape index (κ2) is 9.10. The van der Waals surface area contributed by atoms with Crippen molar-refractivity contribution in [1.29, 1.82) is 0 Å². The molecule has 0 saturated carbocycles.